The van der Waals surface area contributed by atoms with Crippen molar-refractivity contribution in [3.05, 3.63) is 58.6 Å². The van der Waals surface area contributed by atoms with Gasteiger partial charge in [0.25, 0.3) is 5.91 Å². The third kappa shape index (κ3) is 2.63. The molecule has 4 rings (SSSR count). The first-order valence-corrected chi connectivity index (χ1v) is 8.11. The average molecular weight is 328 g/mol. The second-order valence-electron chi connectivity index (χ2n) is 5.41. The molecule has 0 bridgehead atoms. The zero-order valence-electron chi connectivity index (χ0n) is 12.0. The van der Waals surface area contributed by atoms with Crippen LogP contribution in [0.1, 0.15) is 27.7 Å². The van der Waals surface area contributed by atoms with E-state index in [4.69, 9.17) is 0 Å². The van der Waals surface area contributed by atoms with E-state index < -0.39 is 0 Å². The monoisotopic (exact) mass is 328 g/mol. The van der Waals surface area contributed by atoms with Gasteiger partial charge in [-0.15, -0.1) is 11.3 Å². The van der Waals surface area contributed by atoms with E-state index in [9.17, 15) is 9.18 Å². The van der Waals surface area contributed by atoms with Crippen LogP contribution in [0.5, 0.6) is 0 Å². The van der Waals surface area contributed by atoms with E-state index in [-0.39, 0.29) is 17.6 Å². The molecule has 23 heavy (non-hydrogen) atoms. The van der Waals surface area contributed by atoms with Gasteiger partial charge in [0.1, 0.15) is 11.5 Å². The van der Waals surface area contributed by atoms with E-state index in [1.54, 1.807) is 18.3 Å². The SMILES string of the molecule is O=C1NCC(c2ccc(F)cc2)Cc2[nH]c(-c3nccs3)nc21. The first-order chi connectivity index (χ1) is 11.2. The third-order valence-electron chi connectivity index (χ3n) is 3.93. The molecule has 1 unspecified atom stereocenters. The van der Waals surface area contributed by atoms with E-state index in [1.165, 1.54) is 23.5 Å². The van der Waals surface area contributed by atoms with Crippen LogP contribution in [0.4, 0.5) is 4.39 Å². The number of nitrogens with zero attached hydrogens (tertiary/aromatic N) is 2. The van der Waals surface area contributed by atoms with Gasteiger partial charge in [0.15, 0.2) is 10.8 Å². The van der Waals surface area contributed by atoms with Crippen LogP contribution >= 0.6 is 11.3 Å². The molecule has 5 nitrogen and oxygen atoms in total. The summed E-state index contributed by atoms with van der Waals surface area (Å²) >= 11 is 1.47. The molecule has 0 saturated carbocycles. The molecule has 3 aromatic rings. The smallest absolute Gasteiger partial charge is 0.271 e. The minimum Gasteiger partial charge on any atom is -0.350 e. The number of thiazole rings is 1. The summed E-state index contributed by atoms with van der Waals surface area (Å²) in [5.41, 5.74) is 2.20. The van der Waals surface area contributed by atoms with Crippen molar-refractivity contribution < 1.29 is 9.18 Å². The molecule has 1 atom stereocenters. The van der Waals surface area contributed by atoms with Crippen molar-refractivity contribution in [2.24, 2.45) is 0 Å². The average Bonchev–Trinajstić information content (AvgIpc) is 3.19. The second-order valence-corrected chi connectivity index (χ2v) is 6.31. The largest absolute Gasteiger partial charge is 0.350 e. The van der Waals surface area contributed by atoms with Gasteiger partial charge in [-0.25, -0.2) is 14.4 Å². The van der Waals surface area contributed by atoms with Crippen molar-refractivity contribution in [2.45, 2.75) is 12.3 Å². The molecule has 0 fully saturated rings. The van der Waals surface area contributed by atoms with Crippen LogP contribution in [0, 0.1) is 5.82 Å². The number of halogens is 1. The Morgan fingerprint density at radius 1 is 1.26 bits per heavy atom. The number of aromatic nitrogens is 3. The zero-order valence-corrected chi connectivity index (χ0v) is 12.9. The van der Waals surface area contributed by atoms with Gasteiger partial charge in [-0.1, -0.05) is 12.1 Å². The number of fused-ring (bicyclic) bond motifs is 1. The molecule has 1 aliphatic heterocycles. The molecular formula is C16H13FN4OS. The minimum atomic E-state index is -0.264. The Balaban J connectivity index is 1.69. The van der Waals surface area contributed by atoms with Crippen molar-refractivity contribution in [1.29, 1.82) is 0 Å². The van der Waals surface area contributed by atoms with Gasteiger partial charge in [0, 0.05) is 29.7 Å². The molecule has 1 amide bonds. The maximum absolute atomic E-state index is 13.1. The fourth-order valence-electron chi connectivity index (χ4n) is 2.78. The van der Waals surface area contributed by atoms with Gasteiger partial charge in [0.05, 0.1) is 0 Å². The number of hydrogen-bond acceptors (Lipinski definition) is 4. The number of rotatable bonds is 2. The van der Waals surface area contributed by atoms with E-state index in [0.717, 1.165) is 16.3 Å². The second kappa shape index (κ2) is 5.58. The molecule has 1 aromatic carbocycles. The lowest BCUT2D eigenvalue weighted by atomic mass is 9.94. The van der Waals surface area contributed by atoms with E-state index in [0.29, 0.717) is 24.5 Å². The Hall–Kier alpha value is -2.54. The molecule has 116 valence electrons. The predicted octanol–water partition coefficient (Wildman–Crippen LogP) is 2.74. The lowest BCUT2D eigenvalue weighted by Crippen LogP contribution is -2.26. The Kier molecular flexibility index (Phi) is 3.42. The standard InChI is InChI=1S/C16H13FN4OS/c17-11-3-1-9(2-4-11)10-7-12-13(15(22)19-8-10)21-14(20-12)16-18-5-6-23-16/h1-6,10H,7-8H2,(H,19,22)(H,20,21). The lowest BCUT2D eigenvalue weighted by Gasteiger charge is -2.14. The summed E-state index contributed by atoms with van der Waals surface area (Å²) in [6, 6.07) is 6.40. The van der Waals surface area contributed by atoms with Crippen LogP contribution in [0.3, 0.4) is 0 Å². The van der Waals surface area contributed by atoms with Crippen molar-refractivity contribution in [2.75, 3.05) is 6.54 Å². The molecule has 0 radical (unpaired) electrons. The van der Waals surface area contributed by atoms with E-state index in [1.807, 2.05) is 5.38 Å². The van der Waals surface area contributed by atoms with Crippen LogP contribution in [0.15, 0.2) is 35.8 Å². The highest BCUT2D eigenvalue weighted by Gasteiger charge is 2.26. The highest BCUT2D eigenvalue weighted by Crippen LogP contribution is 2.27. The molecular weight excluding hydrogens is 315 g/mol. The molecule has 1 aliphatic rings. The highest BCUT2D eigenvalue weighted by molar-refractivity contribution is 7.13. The van der Waals surface area contributed by atoms with Gasteiger partial charge in [0.2, 0.25) is 0 Å². The maximum Gasteiger partial charge on any atom is 0.271 e. The minimum absolute atomic E-state index is 0.0744. The Labute approximate surface area is 135 Å². The summed E-state index contributed by atoms with van der Waals surface area (Å²) in [4.78, 5) is 24.1. The Morgan fingerprint density at radius 2 is 2.09 bits per heavy atom. The number of amides is 1. The van der Waals surface area contributed by atoms with Crippen LogP contribution in [0.25, 0.3) is 10.8 Å². The fourth-order valence-corrected chi connectivity index (χ4v) is 3.36. The van der Waals surface area contributed by atoms with Gasteiger partial charge < -0.3 is 10.3 Å². The number of carbonyl (C=O) groups excluding carboxylic acids is 1. The Bertz CT molecular complexity index is 842. The van der Waals surface area contributed by atoms with Crippen molar-refractivity contribution in [1.82, 2.24) is 20.3 Å². The topological polar surface area (TPSA) is 70.7 Å². The van der Waals surface area contributed by atoms with Crippen LogP contribution in [0.2, 0.25) is 0 Å². The summed E-state index contributed by atoms with van der Waals surface area (Å²) < 4.78 is 13.1. The first-order valence-electron chi connectivity index (χ1n) is 7.23. The van der Waals surface area contributed by atoms with Crippen LogP contribution in [-0.4, -0.2) is 27.4 Å². The number of hydrogen-bond donors (Lipinski definition) is 2. The van der Waals surface area contributed by atoms with Crippen LogP contribution < -0.4 is 5.32 Å². The van der Waals surface area contributed by atoms with E-state index in [2.05, 4.69) is 20.3 Å². The molecule has 3 heterocycles. The van der Waals surface area contributed by atoms with Crippen LogP contribution in [-0.2, 0) is 6.42 Å². The number of imidazole rings is 1. The van der Waals surface area contributed by atoms with Crippen molar-refractivity contribution in [3.63, 3.8) is 0 Å². The summed E-state index contributed by atoms with van der Waals surface area (Å²) in [7, 11) is 0. The summed E-state index contributed by atoms with van der Waals surface area (Å²) in [6.07, 6.45) is 2.34. The lowest BCUT2D eigenvalue weighted by molar-refractivity contribution is 0.0950. The van der Waals surface area contributed by atoms with Gasteiger partial charge in [-0.2, -0.15) is 0 Å². The molecule has 7 heteroatoms. The third-order valence-corrected chi connectivity index (χ3v) is 4.71. The molecule has 0 aliphatic carbocycles. The summed E-state index contributed by atoms with van der Waals surface area (Å²) in [6.45, 7) is 0.501. The van der Waals surface area contributed by atoms with Gasteiger partial charge in [-0.05, 0) is 24.1 Å². The maximum atomic E-state index is 13.1. The Morgan fingerprint density at radius 3 is 2.83 bits per heavy atom. The fraction of sp³-hybridized carbons (Fsp3) is 0.188. The van der Waals surface area contributed by atoms with Crippen molar-refractivity contribution >= 4 is 17.2 Å². The highest BCUT2D eigenvalue weighted by atomic mass is 32.1. The number of nitrogens with one attached hydrogen (secondary N) is 2. The summed E-state index contributed by atoms with van der Waals surface area (Å²) in [5, 5.41) is 5.51. The predicted molar refractivity (Wildman–Crippen MR) is 84.9 cm³/mol. The van der Waals surface area contributed by atoms with Gasteiger partial charge in [-0.3, -0.25) is 4.79 Å². The molecule has 2 aromatic heterocycles. The number of benzene rings is 1. The number of H-pyrrole nitrogens is 1. The number of aromatic amines is 1. The molecule has 0 spiro atoms. The number of carbonyl (C=O) groups is 1. The first kappa shape index (κ1) is 14.1. The van der Waals surface area contributed by atoms with Gasteiger partial charge >= 0.3 is 0 Å². The van der Waals surface area contributed by atoms with E-state index >= 15 is 0 Å². The zero-order chi connectivity index (χ0) is 15.8. The quantitative estimate of drug-likeness (QED) is 0.760. The molecule has 0 saturated heterocycles. The summed E-state index contributed by atoms with van der Waals surface area (Å²) in [5.74, 6) is 0.230. The normalized spacial score (nSPS) is 17.4. The van der Waals surface area contributed by atoms with Crippen molar-refractivity contribution in [3.8, 4) is 10.8 Å². The molecule has 2 N–H and O–H groups in total.